The van der Waals surface area contributed by atoms with Crippen molar-refractivity contribution in [1.82, 2.24) is 10.3 Å². The van der Waals surface area contributed by atoms with Gasteiger partial charge in [-0.15, -0.1) is 0 Å². The maximum atomic E-state index is 12.4. The van der Waals surface area contributed by atoms with Gasteiger partial charge in [0.15, 0.2) is 12.4 Å². The quantitative estimate of drug-likeness (QED) is 0.447. The van der Waals surface area contributed by atoms with Crippen LogP contribution in [-0.4, -0.2) is 35.2 Å². The molecule has 0 saturated carbocycles. The molecular formula is C20H22ClN3O5. The van der Waals surface area contributed by atoms with E-state index < -0.39 is 30.4 Å². The highest BCUT2D eigenvalue weighted by Gasteiger charge is 2.22. The Morgan fingerprint density at radius 2 is 1.79 bits per heavy atom. The summed E-state index contributed by atoms with van der Waals surface area (Å²) in [6, 6.07) is 4.99. The summed E-state index contributed by atoms with van der Waals surface area (Å²) in [6.07, 6.45) is -0.223. The van der Waals surface area contributed by atoms with Crippen LogP contribution in [0.25, 0.3) is 0 Å². The van der Waals surface area contributed by atoms with Crippen LogP contribution >= 0.6 is 11.6 Å². The number of ketones is 2. The number of ether oxygens (including phenoxy) is 1. The second kappa shape index (κ2) is 9.38. The number of carbonyl (C=O) groups excluding carboxylic acids is 4. The zero-order valence-corrected chi connectivity index (χ0v) is 17.1. The molecule has 154 valence electrons. The van der Waals surface area contributed by atoms with E-state index in [0.29, 0.717) is 27.4 Å². The topological polar surface area (TPSA) is 131 Å². The van der Waals surface area contributed by atoms with Crippen molar-refractivity contribution in [3.05, 3.63) is 57.4 Å². The number of carbonyl (C=O) groups is 4. The summed E-state index contributed by atoms with van der Waals surface area (Å²) in [5.41, 5.74) is 7.57. The molecule has 0 fully saturated rings. The molecule has 8 nitrogen and oxygen atoms in total. The van der Waals surface area contributed by atoms with Crippen LogP contribution in [0.2, 0.25) is 5.02 Å². The minimum atomic E-state index is -0.803. The summed E-state index contributed by atoms with van der Waals surface area (Å²) in [6.45, 7) is 4.27. The summed E-state index contributed by atoms with van der Waals surface area (Å²) in [5.74, 6) is -1.31. The fourth-order valence-electron chi connectivity index (χ4n) is 3.12. The number of Topliss-reactive ketones (excluding diaryl/α,β-unsaturated/α-hetero) is 2. The van der Waals surface area contributed by atoms with Gasteiger partial charge in [-0.2, -0.15) is 0 Å². The smallest absolute Gasteiger partial charge is 0.312 e. The fourth-order valence-corrected chi connectivity index (χ4v) is 3.25. The van der Waals surface area contributed by atoms with Crippen LogP contribution in [0.4, 0.5) is 4.79 Å². The summed E-state index contributed by atoms with van der Waals surface area (Å²) in [4.78, 5) is 50.4. The first-order valence-electron chi connectivity index (χ1n) is 8.80. The zero-order valence-electron chi connectivity index (χ0n) is 16.3. The number of aryl methyl sites for hydroxylation is 1. The fraction of sp³-hybridized carbons (Fsp3) is 0.300. The second-order valence-electron chi connectivity index (χ2n) is 6.58. The van der Waals surface area contributed by atoms with Crippen LogP contribution in [0.1, 0.15) is 57.1 Å². The maximum Gasteiger partial charge on any atom is 0.312 e. The van der Waals surface area contributed by atoms with Crippen molar-refractivity contribution in [2.75, 3.05) is 6.61 Å². The van der Waals surface area contributed by atoms with Crippen molar-refractivity contribution in [3.63, 3.8) is 0 Å². The number of amides is 2. The van der Waals surface area contributed by atoms with E-state index in [1.165, 1.54) is 6.92 Å². The largest absolute Gasteiger partial charge is 0.457 e. The molecule has 1 aromatic carbocycles. The Bertz CT molecular complexity index is 950. The van der Waals surface area contributed by atoms with Crippen LogP contribution in [0.15, 0.2) is 24.3 Å². The Labute approximate surface area is 172 Å². The van der Waals surface area contributed by atoms with Crippen molar-refractivity contribution in [2.24, 2.45) is 5.73 Å². The van der Waals surface area contributed by atoms with Crippen LogP contribution in [0.5, 0.6) is 0 Å². The van der Waals surface area contributed by atoms with Crippen molar-refractivity contribution in [3.8, 4) is 0 Å². The van der Waals surface area contributed by atoms with Crippen molar-refractivity contribution in [2.45, 2.75) is 33.2 Å². The Balaban J connectivity index is 2.04. The average molecular weight is 420 g/mol. The first kappa shape index (κ1) is 22.2. The molecular weight excluding hydrogens is 398 g/mol. The summed E-state index contributed by atoms with van der Waals surface area (Å²) in [5, 5.41) is 2.97. The molecule has 0 aliphatic heterocycles. The minimum absolute atomic E-state index is 0.157. The third-order valence-corrected chi connectivity index (χ3v) is 4.64. The SMILES string of the molecule is CC(=O)c1c(C)[nH]c(C(=O)COC(=O)CC(NC(N)=O)c2ccc(Cl)cc2)c1C. The summed E-state index contributed by atoms with van der Waals surface area (Å²) in [7, 11) is 0. The Hall–Kier alpha value is -3.13. The number of primary amides is 1. The highest BCUT2D eigenvalue weighted by molar-refractivity contribution is 6.30. The van der Waals surface area contributed by atoms with Gasteiger partial charge >= 0.3 is 12.0 Å². The van der Waals surface area contributed by atoms with E-state index >= 15 is 0 Å². The van der Waals surface area contributed by atoms with Crippen LogP contribution in [0, 0.1) is 13.8 Å². The van der Waals surface area contributed by atoms with E-state index in [1.807, 2.05) is 0 Å². The van der Waals surface area contributed by atoms with Gasteiger partial charge in [-0.3, -0.25) is 14.4 Å². The number of aromatic amines is 1. The van der Waals surface area contributed by atoms with Gasteiger partial charge in [0, 0.05) is 16.3 Å². The molecule has 2 amide bonds. The lowest BCUT2D eigenvalue weighted by Gasteiger charge is -2.17. The number of H-pyrrole nitrogens is 1. The minimum Gasteiger partial charge on any atom is -0.457 e. The zero-order chi connectivity index (χ0) is 21.7. The predicted molar refractivity (Wildman–Crippen MR) is 107 cm³/mol. The highest BCUT2D eigenvalue weighted by Crippen LogP contribution is 2.21. The molecule has 4 N–H and O–H groups in total. The average Bonchev–Trinajstić information content (AvgIpc) is 2.94. The number of nitrogens with two attached hydrogens (primary N) is 1. The van der Waals surface area contributed by atoms with Crippen molar-refractivity contribution in [1.29, 1.82) is 0 Å². The monoisotopic (exact) mass is 419 g/mol. The lowest BCUT2D eigenvalue weighted by Crippen LogP contribution is -2.34. The molecule has 1 atom stereocenters. The standard InChI is InChI=1S/C20H22ClN3O5/c1-10-18(12(3)25)11(2)23-19(10)16(26)9-29-17(27)8-15(24-20(22)28)13-4-6-14(21)7-5-13/h4-7,15,23H,8-9H2,1-3H3,(H3,22,24,28). The molecule has 0 aliphatic carbocycles. The maximum absolute atomic E-state index is 12.4. The van der Waals surface area contributed by atoms with Gasteiger partial charge in [0.1, 0.15) is 0 Å². The first-order valence-corrected chi connectivity index (χ1v) is 9.18. The lowest BCUT2D eigenvalue weighted by atomic mass is 10.0. The number of rotatable bonds is 8. The molecule has 0 radical (unpaired) electrons. The predicted octanol–water partition coefficient (Wildman–Crippen LogP) is 3.01. The Kier molecular flexibility index (Phi) is 7.17. The Morgan fingerprint density at radius 3 is 2.31 bits per heavy atom. The molecule has 1 unspecified atom stereocenters. The Morgan fingerprint density at radius 1 is 1.17 bits per heavy atom. The number of benzene rings is 1. The van der Waals surface area contributed by atoms with E-state index in [4.69, 9.17) is 22.1 Å². The van der Waals surface area contributed by atoms with Gasteiger partial charge in [0.2, 0.25) is 5.78 Å². The van der Waals surface area contributed by atoms with Gasteiger partial charge in [-0.05, 0) is 44.0 Å². The number of nitrogens with one attached hydrogen (secondary N) is 2. The number of urea groups is 1. The number of halogens is 1. The van der Waals surface area contributed by atoms with Crippen molar-refractivity contribution < 1.29 is 23.9 Å². The molecule has 0 bridgehead atoms. The van der Waals surface area contributed by atoms with E-state index in [0.717, 1.165) is 0 Å². The molecule has 0 aliphatic rings. The van der Waals surface area contributed by atoms with Crippen LogP contribution < -0.4 is 11.1 Å². The van der Waals surface area contributed by atoms with Gasteiger partial charge in [0.05, 0.1) is 18.2 Å². The van der Waals surface area contributed by atoms with Gasteiger partial charge < -0.3 is 20.8 Å². The van der Waals surface area contributed by atoms with E-state index in [-0.39, 0.29) is 17.9 Å². The molecule has 1 aromatic heterocycles. The normalized spacial score (nSPS) is 11.6. The van der Waals surface area contributed by atoms with E-state index in [1.54, 1.807) is 38.1 Å². The molecule has 9 heteroatoms. The number of esters is 1. The number of hydrogen-bond acceptors (Lipinski definition) is 5. The second-order valence-corrected chi connectivity index (χ2v) is 7.02. The first-order chi connectivity index (χ1) is 13.6. The van der Waals surface area contributed by atoms with Crippen molar-refractivity contribution >= 4 is 35.2 Å². The molecule has 0 spiro atoms. The lowest BCUT2D eigenvalue weighted by molar-refractivity contribution is -0.143. The third kappa shape index (κ3) is 5.68. The van der Waals surface area contributed by atoms with Gasteiger partial charge in [0.25, 0.3) is 0 Å². The molecule has 29 heavy (non-hydrogen) atoms. The highest BCUT2D eigenvalue weighted by atomic mass is 35.5. The molecule has 2 aromatic rings. The van der Waals surface area contributed by atoms with E-state index in [2.05, 4.69) is 10.3 Å². The summed E-state index contributed by atoms with van der Waals surface area (Å²) >= 11 is 5.85. The van der Waals surface area contributed by atoms with Gasteiger partial charge in [-0.1, -0.05) is 23.7 Å². The van der Waals surface area contributed by atoms with Crippen LogP contribution in [0.3, 0.4) is 0 Å². The molecule has 1 heterocycles. The number of aromatic nitrogens is 1. The molecule has 2 rings (SSSR count). The third-order valence-electron chi connectivity index (χ3n) is 4.39. The van der Waals surface area contributed by atoms with Crippen LogP contribution in [-0.2, 0) is 9.53 Å². The molecule has 0 saturated heterocycles. The van der Waals surface area contributed by atoms with E-state index in [9.17, 15) is 19.2 Å². The number of hydrogen-bond donors (Lipinski definition) is 3. The van der Waals surface area contributed by atoms with Gasteiger partial charge in [-0.25, -0.2) is 4.79 Å². The summed E-state index contributed by atoms with van der Waals surface area (Å²) < 4.78 is 5.07.